The van der Waals surface area contributed by atoms with Crippen LogP contribution in [0.4, 0.5) is 0 Å². The van der Waals surface area contributed by atoms with E-state index in [1.54, 1.807) is 7.11 Å². The Balaban J connectivity index is 1.63. The third-order valence-corrected chi connectivity index (χ3v) is 5.88. The standard InChI is InChI=1S/C23H26N4OS/c1-3-15-26-22(19-8-5-4-6-9-19)24-27(23(26)29)17-25-16-7-10-21(25)18-11-13-20(28-2)14-12-18/h3-6,8-9,11-14,21H,1,7,10,15-17H2,2H3/t21-/m0/s1. The second kappa shape index (κ2) is 8.76. The molecule has 2 heterocycles. The molecular weight excluding hydrogens is 380 g/mol. The van der Waals surface area contributed by atoms with Gasteiger partial charge in [-0.25, -0.2) is 4.68 Å². The largest absolute Gasteiger partial charge is 0.497 e. The van der Waals surface area contributed by atoms with E-state index in [-0.39, 0.29) is 0 Å². The summed E-state index contributed by atoms with van der Waals surface area (Å²) in [6, 6.07) is 18.9. The summed E-state index contributed by atoms with van der Waals surface area (Å²) in [5.41, 5.74) is 2.37. The van der Waals surface area contributed by atoms with Gasteiger partial charge in [-0.15, -0.1) is 6.58 Å². The molecule has 3 aromatic rings. The molecule has 4 rings (SSSR count). The Morgan fingerprint density at radius 3 is 2.62 bits per heavy atom. The molecular formula is C23H26N4OS. The maximum Gasteiger partial charge on any atom is 0.199 e. The van der Waals surface area contributed by atoms with Crippen LogP contribution in [-0.2, 0) is 13.2 Å². The van der Waals surface area contributed by atoms with Crippen molar-refractivity contribution in [2.75, 3.05) is 13.7 Å². The number of methoxy groups -OCH3 is 1. The molecule has 1 fully saturated rings. The topological polar surface area (TPSA) is 35.2 Å². The van der Waals surface area contributed by atoms with Gasteiger partial charge in [-0.1, -0.05) is 48.5 Å². The van der Waals surface area contributed by atoms with Crippen LogP contribution in [0.5, 0.6) is 5.75 Å². The van der Waals surface area contributed by atoms with Crippen LogP contribution in [-0.4, -0.2) is 32.9 Å². The molecule has 6 heteroatoms. The molecule has 1 aliphatic rings. The molecule has 0 N–H and O–H groups in total. The molecule has 1 atom stereocenters. The van der Waals surface area contributed by atoms with Crippen LogP contribution in [0.25, 0.3) is 11.4 Å². The van der Waals surface area contributed by atoms with Crippen molar-refractivity contribution in [2.24, 2.45) is 0 Å². The summed E-state index contributed by atoms with van der Waals surface area (Å²) in [4.78, 5) is 2.46. The molecule has 2 aromatic carbocycles. The van der Waals surface area contributed by atoms with Gasteiger partial charge in [-0.05, 0) is 42.8 Å². The summed E-state index contributed by atoms with van der Waals surface area (Å²) < 4.78 is 10.0. The SMILES string of the molecule is C=CCn1c(-c2ccccc2)nn(CN2CCC[C@H]2c2ccc(OC)cc2)c1=S. The number of benzene rings is 2. The third-order valence-electron chi connectivity index (χ3n) is 5.45. The molecule has 1 aromatic heterocycles. The Bertz CT molecular complexity index is 1020. The van der Waals surface area contributed by atoms with Crippen molar-refractivity contribution in [3.63, 3.8) is 0 Å². The van der Waals surface area contributed by atoms with Gasteiger partial charge in [0, 0.05) is 24.7 Å². The lowest BCUT2D eigenvalue weighted by Gasteiger charge is -2.24. The number of hydrogen-bond donors (Lipinski definition) is 0. The summed E-state index contributed by atoms with van der Waals surface area (Å²) in [6.45, 7) is 6.24. The number of aromatic nitrogens is 3. The Labute approximate surface area is 176 Å². The second-order valence-electron chi connectivity index (χ2n) is 7.26. The highest BCUT2D eigenvalue weighted by molar-refractivity contribution is 7.71. The van der Waals surface area contributed by atoms with Crippen molar-refractivity contribution < 1.29 is 4.74 Å². The molecule has 0 bridgehead atoms. The van der Waals surface area contributed by atoms with Crippen molar-refractivity contribution in [3.05, 3.63) is 77.6 Å². The van der Waals surface area contributed by atoms with Crippen LogP contribution in [0.2, 0.25) is 0 Å². The Morgan fingerprint density at radius 1 is 1.17 bits per heavy atom. The molecule has 0 saturated carbocycles. The van der Waals surface area contributed by atoms with Gasteiger partial charge in [-0.3, -0.25) is 9.47 Å². The molecule has 5 nitrogen and oxygen atoms in total. The van der Waals surface area contributed by atoms with Crippen molar-refractivity contribution in [3.8, 4) is 17.1 Å². The average molecular weight is 407 g/mol. The van der Waals surface area contributed by atoms with Gasteiger partial charge >= 0.3 is 0 Å². The average Bonchev–Trinajstić information content (AvgIpc) is 3.35. The molecule has 0 amide bonds. The van der Waals surface area contributed by atoms with Crippen molar-refractivity contribution in [2.45, 2.75) is 32.1 Å². The molecule has 0 unspecified atom stereocenters. The van der Waals surface area contributed by atoms with E-state index in [0.717, 1.165) is 34.9 Å². The van der Waals surface area contributed by atoms with E-state index in [4.69, 9.17) is 22.1 Å². The lowest BCUT2D eigenvalue weighted by Crippen LogP contribution is -2.27. The Hall–Kier alpha value is -2.70. The Morgan fingerprint density at radius 2 is 1.93 bits per heavy atom. The van der Waals surface area contributed by atoms with E-state index in [1.165, 1.54) is 12.0 Å². The molecule has 0 spiro atoms. The van der Waals surface area contributed by atoms with E-state index in [0.29, 0.717) is 19.3 Å². The zero-order valence-corrected chi connectivity index (χ0v) is 17.5. The fraction of sp³-hybridized carbons (Fsp3) is 0.304. The van der Waals surface area contributed by atoms with Gasteiger partial charge in [0.05, 0.1) is 13.8 Å². The maximum atomic E-state index is 5.77. The number of allylic oxidation sites excluding steroid dienone is 1. The number of rotatable bonds is 7. The first kappa shape index (κ1) is 19.6. The fourth-order valence-electron chi connectivity index (χ4n) is 4.00. The van der Waals surface area contributed by atoms with Gasteiger partial charge in [0.15, 0.2) is 10.6 Å². The van der Waals surface area contributed by atoms with Gasteiger partial charge in [0.25, 0.3) is 0 Å². The smallest absolute Gasteiger partial charge is 0.199 e. The second-order valence-corrected chi connectivity index (χ2v) is 7.62. The molecule has 0 radical (unpaired) electrons. The summed E-state index contributed by atoms with van der Waals surface area (Å²) >= 11 is 5.77. The zero-order chi connectivity index (χ0) is 20.2. The van der Waals surface area contributed by atoms with Crippen molar-refractivity contribution >= 4 is 12.2 Å². The van der Waals surface area contributed by atoms with E-state index < -0.39 is 0 Å². The predicted octanol–water partition coefficient (Wildman–Crippen LogP) is 5.07. The van der Waals surface area contributed by atoms with E-state index in [9.17, 15) is 0 Å². The lowest BCUT2D eigenvalue weighted by atomic mass is 10.0. The van der Waals surface area contributed by atoms with Crippen LogP contribution < -0.4 is 4.74 Å². The molecule has 0 aliphatic carbocycles. The first-order chi connectivity index (χ1) is 14.2. The normalized spacial score (nSPS) is 16.8. The summed E-state index contributed by atoms with van der Waals surface area (Å²) in [5.74, 6) is 1.77. The molecule has 1 saturated heterocycles. The summed E-state index contributed by atoms with van der Waals surface area (Å²) in [7, 11) is 1.70. The monoisotopic (exact) mass is 406 g/mol. The van der Waals surface area contributed by atoms with Gasteiger partial charge in [0.1, 0.15) is 5.75 Å². The van der Waals surface area contributed by atoms with Gasteiger partial charge in [0.2, 0.25) is 0 Å². The van der Waals surface area contributed by atoms with E-state index >= 15 is 0 Å². The van der Waals surface area contributed by atoms with Crippen LogP contribution >= 0.6 is 12.2 Å². The third kappa shape index (κ3) is 4.04. The first-order valence-corrected chi connectivity index (χ1v) is 10.3. The zero-order valence-electron chi connectivity index (χ0n) is 16.7. The number of ether oxygens (including phenoxy) is 1. The van der Waals surface area contributed by atoms with Crippen molar-refractivity contribution in [1.29, 1.82) is 0 Å². The highest BCUT2D eigenvalue weighted by atomic mass is 32.1. The van der Waals surface area contributed by atoms with E-state index in [1.807, 2.05) is 41.1 Å². The minimum atomic E-state index is 0.368. The van der Waals surface area contributed by atoms with E-state index in [2.05, 4.69) is 40.3 Å². The minimum Gasteiger partial charge on any atom is -0.497 e. The van der Waals surface area contributed by atoms with Crippen molar-refractivity contribution in [1.82, 2.24) is 19.2 Å². The lowest BCUT2D eigenvalue weighted by molar-refractivity contribution is 0.190. The van der Waals surface area contributed by atoms with Crippen LogP contribution in [0.3, 0.4) is 0 Å². The highest BCUT2D eigenvalue weighted by Crippen LogP contribution is 2.33. The Kier molecular flexibility index (Phi) is 5.92. The highest BCUT2D eigenvalue weighted by Gasteiger charge is 2.27. The maximum absolute atomic E-state index is 5.77. The number of likely N-dealkylation sites (tertiary alicyclic amines) is 1. The first-order valence-electron chi connectivity index (χ1n) is 9.93. The fourth-order valence-corrected chi connectivity index (χ4v) is 4.26. The quantitative estimate of drug-likeness (QED) is 0.405. The number of hydrogen-bond acceptors (Lipinski definition) is 4. The summed E-state index contributed by atoms with van der Waals surface area (Å²) in [5, 5.41) is 4.88. The number of nitrogens with zero attached hydrogens (tertiary/aromatic N) is 4. The van der Waals surface area contributed by atoms with Crippen LogP contribution in [0.1, 0.15) is 24.4 Å². The minimum absolute atomic E-state index is 0.368. The summed E-state index contributed by atoms with van der Waals surface area (Å²) in [6.07, 6.45) is 4.17. The van der Waals surface area contributed by atoms with Gasteiger partial charge in [-0.2, -0.15) is 5.10 Å². The predicted molar refractivity (Wildman–Crippen MR) is 118 cm³/mol. The molecule has 1 aliphatic heterocycles. The van der Waals surface area contributed by atoms with Crippen LogP contribution in [0, 0.1) is 4.77 Å². The molecule has 150 valence electrons. The van der Waals surface area contributed by atoms with Crippen LogP contribution in [0.15, 0.2) is 67.3 Å². The van der Waals surface area contributed by atoms with Gasteiger partial charge < -0.3 is 4.74 Å². The molecule has 29 heavy (non-hydrogen) atoms.